The van der Waals surface area contributed by atoms with Crippen LogP contribution in [0.5, 0.6) is 0 Å². The predicted octanol–water partition coefficient (Wildman–Crippen LogP) is 2.91. The number of unbranched alkanes of at least 4 members (excludes halogenated alkanes) is 1. The molecule has 3 nitrogen and oxygen atoms in total. The molecule has 0 aliphatic heterocycles. The van der Waals surface area contributed by atoms with E-state index in [0.29, 0.717) is 18.9 Å². The van der Waals surface area contributed by atoms with Gasteiger partial charge in [-0.15, -0.1) is 0 Å². The van der Waals surface area contributed by atoms with E-state index in [2.05, 4.69) is 6.92 Å². The third-order valence-electron chi connectivity index (χ3n) is 2.23. The Morgan fingerprint density at radius 3 is 1.79 bits per heavy atom. The van der Waals surface area contributed by atoms with Crippen LogP contribution < -0.4 is 0 Å². The fourth-order valence-corrected chi connectivity index (χ4v) is 4.39. The van der Waals surface area contributed by atoms with E-state index in [0.717, 1.165) is 25.7 Å². The van der Waals surface area contributed by atoms with Gasteiger partial charge in [0.1, 0.15) is 0 Å². The molecule has 0 bridgehead atoms. The molecule has 0 aliphatic rings. The molecule has 0 radical (unpaired) electrons. The van der Waals surface area contributed by atoms with Crippen molar-refractivity contribution in [3.05, 3.63) is 0 Å². The summed E-state index contributed by atoms with van der Waals surface area (Å²) in [5.74, 6) is 0. The summed E-state index contributed by atoms with van der Waals surface area (Å²) < 4.78 is 5.38. The van der Waals surface area contributed by atoms with Gasteiger partial charge >= 0.3 is 87.0 Å². The molecule has 0 atom stereocenters. The van der Waals surface area contributed by atoms with E-state index in [1.54, 1.807) is 0 Å². The minimum atomic E-state index is -3.75. The van der Waals surface area contributed by atoms with Gasteiger partial charge in [-0.2, -0.15) is 0 Å². The van der Waals surface area contributed by atoms with Crippen LogP contribution in [0.3, 0.4) is 0 Å². The molecule has 0 aliphatic carbocycles. The van der Waals surface area contributed by atoms with Crippen LogP contribution in [0.4, 0.5) is 0 Å². The van der Waals surface area contributed by atoms with E-state index in [-0.39, 0.29) is 0 Å². The van der Waals surface area contributed by atoms with Gasteiger partial charge in [0.15, 0.2) is 0 Å². The molecular weight excluding hydrogens is 199 g/mol. The zero-order valence-electron chi connectivity index (χ0n) is 9.70. The molecule has 4 heteroatoms. The van der Waals surface area contributed by atoms with Crippen molar-refractivity contribution in [1.82, 2.24) is 0 Å². The molecule has 0 aromatic carbocycles. The van der Waals surface area contributed by atoms with Crippen molar-refractivity contribution < 1.29 is 14.3 Å². The van der Waals surface area contributed by atoms with Gasteiger partial charge < -0.3 is 0 Å². The first-order valence-corrected chi connectivity index (χ1v) is 8.06. The van der Waals surface area contributed by atoms with Crippen LogP contribution in [0.1, 0.15) is 46.5 Å². The van der Waals surface area contributed by atoms with E-state index >= 15 is 0 Å². The first kappa shape index (κ1) is 14.3. The van der Waals surface area contributed by atoms with Crippen molar-refractivity contribution in [3.63, 3.8) is 0 Å². The Morgan fingerprint density at radius 1 is 0.929 bits per heavy atom. The van der Waals surface area contributed by atoms with Gasteiger partial charge in [-0.3, -0.25) is 0 Å². The molecule has 0 heterocycles. The summed E-state index contributed by atoms with van der Waals surface area (Å²) in [6, 6.07) is 0. The van der Waals surface area contributed by atoms with Gasteiger partial charge in [0, 0.05) is 0 Å². The minimum absolute atomic E-state index is 0.406. The zero-order valence-corrected chi connectivity index (χ0v) is 10.6. The number of hydrogen-bond acceptors (Lipinski definition) is 3. The zero-order chi connectivity index (χ0) is 11.1. The van der Waals surface area contributed by atoms with E-state index in [1.807, 2.05) is 13.8 Å². The van der Waals surface area contributed by atoms with Crippen molar-refractivity contribution in [1.29, 1.82) is 0 Å². The Kier molecular flexibility index (Phi) is 6.15. The second-order valence-corrected chi connectivity index (χ2v) is 7.69. The molecule has 14 heavy (non-hydrogen) atoms. The number of hydrogen-bond donors (Lipinski definition) is 2. The van der Waals surface area contributed by atoms with Gasteiger partial charge in [-0.25, -0.2) is 0 Å². The van der Waals surface area contributed by atoms with Gasteiger partial charge in [0.05, 0.1) is 0 Å². The van der Waals surface area contributed by atoms with Crippen LogP contribution in [0, 0.1) is 0 Å². The van der Waals surface area contributed by atoms with Crippen LogP contribution in [0.15, 0.2) is 0 Å². The summed E-state index contributed by atoms with van der Waals surface area (Å²) in [4.78, 5) is 20.3. The van der Waals surface area contributed by atoms with Crippen LogP contribution >= 0.6 is 7.28 Å². The molecule has 0 unspecified atom stereocenters. The maximum absolute atomic E-state index is 10.2. The average molecular weight is 224 g/mol. The normalized spacial score (nSPS) is 15.1. The Hall–Kier alpha value is 0.310. The molecular formula is C10H25O3P. The summed E-state index contributed by atoms with van der Waals surface area (Å²) in [6.45, 7) is 6.44. The predicted molar refractivity (Wildman–Crippen MR) is 62.5 cm³/mol. The topological polar surface area (TPSA) is 49.7 Å². The van der Waals surface area contributed by atoms with Crippen molar-refractivity contribution in [2.24, 2.45) is 0 Å². The van der Waals surface area contributed by atoms with Crippen molar-refractivity contribution >= 4 is 7.28 Å². The molecule has 0 amide bonds. The Balaban J connectivity index is 4.21. The summed E-state index contributed by atoms with van der Waals surface area (Å²) in [6.07, 6.45) is 4.25. The van der Waals surface area contributed by atoms with E-state index < -0.39 is 7.28 Å². The van der Waals surface area contributed by atoms with Crippen LogP contribution in [-0.2, 0) is 4.52 Å². The summed E-state index contributed by atoms with van der Waals surface area (Å²) >= 11 is 0. The van der Waals surface area contributed by atoms with Crippen LogP contribution in [0.2, 0.25) is 0 Å². The van der Waals surface area contributed by atoms with Gasteiger partial charge in [0.25, 0.3) is 0 Å². The third-order valence-corrected chi connectivity index (χ3v) is 5.70. The standard InChI is InChI=1S/C10H25O3P/c1-4-7-8-13-14(11,12,9-5-2)10-6-3/h11-12H,4-10H2,1-3H3. The molecule has 0 saturated carbocycles. The molecule has 0 rings (SSSR count). The Bertz CT molecular complexity index is 149. The van der Waals surface area contributed by atoms with Crippen LogP contribution in [0.25, 0.3) is 0 Å². The monoisotopic (exact) mass is 224 g/mol. The second-order valence-electron chi connectivity index (χ2n) is 3.93. The second kappa shape index (κ2) is 6.02. The molecule has 0 aromatic heterocycles. The first-order chi connectivity index (χ1) is 6.46. The molecule has 0 fully saturated rings. The van der Waals surface area contributed by atoms with E-state index in [1.165, 1.54) is 0 Å². The maximum atomic E-state index is 10.2. The Labute approximate surface area is 87.7 Å². The third kappa shape index (κ3) is 5.26. The molecule has 0 spiro atoms. The fraction of sp³-hybridized carbons (Fsp3) is 1.00. The fourth-order valence-electron chi connectivity index (χ4n) is 1.56. The van der Waals surface area contributed by atoms with E-state index in [4.69, 9.17) is 4.52 Å². The SMILES string of the molecule is CCCCOP(O)(O)(CCC)CCC. The Morgan fingerprint density at radius 2 is 1.43 bits per heavy atom. The number of rotatable bonds is 8. The summed E-state index contributed by atoms with van der Waals surface area (Å²) in [5.41, 5.74) is 0. The van der Waals surface area contributed by atoms with Crippen LogP contribution in [-0.4, -0.2) is 28.7 Å². The summed E-state index contributed by atoms with van der Waals surface area (Å²) in [5, 5.41) is 0. The van der Waals surface area contributed by atoms with Gasteiger partial charge in [0.2, 0.25) is 0 Å². The van der Waals surface area contributed by atoms with Gasteiger partial charge in [-0.05, 0) is 0 Å². The summed E-state index contributed by atoms with van der Waals surface area (Å²) in [7, 11) is -3.75. The molecule has 0 saturated heterocycles. The van der Waals surface area contributed by atoms with Crippen molar-refractivity contribution in [2.75, 3.05) is 18.9 Å². The molecule has 88 valence electrons. The van der Waals surface area contributed by atoms with Crippen molar-refractivity contribution in [2.45, 2.75) is 46.5 Å². The first-order valence-electron chi connectivity index (χ1n) is 5.63. The van der Waals surface area contributed by atoms with E-state index in [9.17, 15) is 9.79 Å². The molecule has 0 aromatic rings. The van der Waals surface area contributed by atoms with Crippen molar-refractivity contribution in [3.8, 4) is 0 Å². The average Bonchev–Trinajstić information content (AvgIpc) is 2.04. The van der Waals surface area contributed by atoms with Gasteiger partial charge in [-0.1, -0.05) is 0 Å². The quantitative estimate of drug-likeness (QED) is 0.492. The molecule has 2 N–H and O–H groups in total.